The van der Waals surface area contributed by atoms with E-state index in [0.29, 0.717) is 13.1 Å². The molecule has 1 aliphatic heterocycles. The van der Waals surface area contributed by atoms with Gasteiger partial charge in [-0.3, -0.25) is 9.69 Å². The summed E-state index contributed by atoms with van der Waals surface area (Å²) in [6.07, 6.45) is 0. The van der Waals surface area contributed by atoms with Crippen molar-refractivity contribution >= 4 is 5.91 Å². The molecule has 1 unspecified atom stereocenters. The maximum atomic E-state index is 11.3. The molecular formula is C12H17N3O3. The standard InChI is InChI=1S/C12H17N3O3/c13-12(18)9-6-14-3-4-15(9)7-8-1-2-10(16)11(17)5-8/h1-2,5,9,14,16-17H,3-4,6-7H2,(H2,13,18). The van der Waals surface area contributed by atoms with Gasteiger partial charge in [-0.05, 0) is 17.7 Å². The quantitative estimate of drug-likeness (QED) is 0.535. The van der Waals surface area contributed by atoms with E-state index >= 15 is 0 Å². The maximum Gasteiger partial charge on any atom is 0.236 e. The van der Waals surface area contributed by atoms with Gasteiger partial charge < -0.3 is 21.3 Å². The number of aromatic hydroxyl groups is 2. The van der Waals surface area contributed by atoms with Gasteiger partial charge in [0.05, 0.1) is 0 Å². The second-order valence-corrected chi connectivity index (χ2v) is 4.42. The number of amides is 1. The Morgan fingerprint density at radius 3 is 2.89 bits per heavy atom. The summed E-state index contributed by atoms with van der Waals surface area (Å²) in [5.41, 5.74) is 6.19. The van der Waals surface area contributed by atoms with E-state index in [2.05, 4.69) is 5.32 Å². The number of phenols is 2. The van der Waals surface area contributed by atoms with Crippen molar-refractivity contribution in [3.05, 3.63) is 23.8 Å². The van der Waals surface area contributed by atoms with E-state index in [1.807, 2.05) is 4.90 Å². The highest BCUT2D eigenvalue weighted by Crippen LogP contribution is 2.25. The highest BCUT2D eigenvalue weighted by molar-refractivity contribution is 5.80. The van der Waals surface area contributed by atoms with Gasteiger partial charge >= 0.3 is 0 Å². The summed E-state index contributed by atoms with van der Waals surface area (Å²) < 4.78 is 0. The minimum absolute atomic E-state index is 0.148. The molecule has 6 nitrogen and oxygen atoms in total. The molecule has 18 heavy (non-hydrogen) atoms. The lowest BCUT2D eigenvalue weighted by Crippen LogP contribution is -2.56. The highest BCUT2D eigenvalue weighted by Gasteiger charge is 2.26. The van der Waals surface area contributed by atoms with Crippen LogP contribution in [0.25, 0.3) is 0 Å². The number of rotatable bonds is 3. The predicted octanol–water partition coefficient (Wildman–Crippen LogP) is -0.643. The number of nitrogens with one attached hydrogen (secondary N) is 1. The van der Waals surface area contributed by atoms with Crippen molar-refractivity contribution in [3.8, 4) is 11.5 Å². The summed E-state index contributed by atoms with van der Waals surface area (Å²) in [6.45, 7) is 2.58. The molecule has 0 radical (unpaired) electrons. The van der Waals surface area contributed by atoms with Gasteiger partial charge in [-0.2, -0.15) is 0 Å². The minimum Gasteiger partial charge on any atom is -0.504 e. The zero-order valence-electron chi connectivity index (χ0n) is 9.97. The first kappa shape index (κ1) is 12.7. The Morgan fingerprint density at radius 1 is 1.44 bits per heavy atom. The number of primary amides is 1. The number of nitrogens with two attached hydrogens (primary N) is 1. The third-order valence-corrected chi connectivity index (χ3v) is 3.11. The van der Waals surface area contributed by atoms with Crippen LogP contribution in [0, 0.1) is 0 Å². The molecule has 0 spiro atoms. The first-order valence-electron chi connectivity index (χ1n) is 5.83. The van der Waals surface area contributed by atoms with Crippen LogP contribution in [0.4, 0.5) is 0 Å². The van der Waals surface area contributed by atoms with Crippen molar-refractivity contribution in [2.75, 3.05) is 19.6 Å². The van der Waals surface area contributed by atoms with Crippen LogP contribution in [0.2, 0.25) is 0 Å². The van der Waals surface area contributed by atoms with E-state index in [9.17, 15) is 15.0 Å². The van der Waals surface area contributed by atoms with Crippen LogP contribution < -0.4 is 11.1 Å². The second-order valence-electron chi connectivity index (χ2n) is 4.42. The summed E-state index contributed by atoms with van der Waals surface area (Å²) >= 11 is 0. The van der Waals surface area contributed by atoms with Crippen molar-refractivity contribution in [2.45, 2.75) is 12.6 Å². The zero-order valence-corrected chi connectivity index (χ0v) is 9.97. The Balaban J connectivity index is 2.10. The van der Waals surface area contributed by atoms with Gasteiger partial charge in [0.15, 0.2) is 11.5 Å². The Labute approximate surface area is 105 Å². The first-order chi connectivity index (χ1) is 8.58. The van der Waals surface area contributed by atoms with Gasteiger partial charge in [0.1, 0.15) is 6.04 Å². The fourth-order valence-electron chi connectivity index (χ4n) is 2.12. The number of hydrogen-bond donors (Lipinski definition) is 4. The van der Waals surface area contributed by atoms with Crippen LogP contribution in [0.1, 0.15) is 5.56 Å². The van der Waals surface area contributed by atoms with E-state index in [-0.39, 0.29) is 23.4 Å². The molecule has 1 heterocycles. The van der Waals surface area contributed by atoms with E-state index < -0.39 is 0 Å². The Kier molecular flexibility index (Phi) is 3.69. The molecule has 98 valence electrons. The van der Waals surface area contributed by atoms with Gasteiger partial charge in [0.25, 0.3) is 0 Å². The normalized spacial score (nSPS) is 20.8. The van der Waals surface area contributed by atoms with Crippen LogP contribution in [-0.4, -0.2) is 46.7 Å². The average molecular weight is 251 g/mol. The topological polar surface area (TPSA) is 98.8 Å². The number of phenolic OH excluding ortho intramolecular Hbond substituents is 2. The predicted molar refractivity (Wildman–Crippen MR) is 66.0 cm³/mol. The van der Waals surface area contributed by atoms with Crippen molar-refractivity contribution in [1.29, 1.82) is 0 Å². The molecule has 0 bridgehead atoms. The fourth-order valence-corrected chi connectivity index (χ4v) is 2.12. The van der Waals surface area contributed by atoms with Crippen LogP contribution in [0.15, 0.2) is 18.2 Å². The van der Waals surface area contributed by atoms with Crippen molar-refractivity contribution in [3.63, 3.8) is 0 Å². The van der Waals surface area contributed by atoms with E-state index in [4.69, 9.17) is 5.73 Å². The molecule has 1 amide bonds. The molecule has 6 heteroatoms. The average Bonchev–Trinajstić information content (AvgIpc) is 2.34. The molecule has 1 aliphatic rings. The van der Waals surface area contributed by atoms with Gasteiger partial charge in [-0.1, -0.05) is 6.07 Å². The Hall–Kier alpha value is -1.79. The maximum absolute atomic E-state index is 11.3. The van der Waals surface area contributed by atoms with E-state index in [0.717, 1.165) is 18.7 Å². The molecule has 1 aromatic carbocycles. The number of carbonyl (C=O) groups excluding carboxylic acids is 1. The monoisotopic (exact) mass is 251 g/mol. The molecule has 1 saturated heterocycles. The summed E-state index contributed by atoms with van der Waals surface area (Å²) in [5.74, 6) is -0.658. The SMILES string of the molecule is NC(=O)C1CNCCN1Cc1ccc(O)c(O)c1. The molecule has 5 N–H and O–H groups in total. The van der Waals surface area contributed by atoms with Gasteiger partial charge in [0, 0.05) is 26.2 Å². The molecule has 1 aromatic rings. The number of benzene rings is 1. The van der Waals surface area contributed by atoms with E-state index in [1.165, 1.54) is 12.1 Å². The van der Waals surface area contributed by atoms with Gasteiger partial charge in [0.2, 0.25) is 5.91 Å². The number of hydrogen-bond acceptors (Lipinski definition) is 5. The van der Waals surface area contributed by atoms with E-state index in [1.54, 1.807) is 6.07 Å². The second kappa shape index (κ2) is 5.24. The summed E-state index contributed by atoms with van der Waals surface area (Å²) in [7, 11) is 0. The lowest BCUT2D eigenvalue weighted by atomic mass is 10.1. The van der Waals surface area contributed by atoms with Crippen LogP contribution in [0.5, 0.6) is 11.5 Å². The minimum atomic E-state index is -0.356. The molecule has 2 rings (SSSR count). The Morgan fingerprint density at radius 2 is 2.22 bits per heavy atom. The van der Waals surface area contributed by atoms with Crippen molar-refractivity contribution in [2.24, 2.45) is 5.73 Å². The molecule has 0 saturated carbocycles. The fraction of sp³-hybridized carbons (Fsp3) is 0.417. The highest BCUT2D eigenvalue weighted by atomic mass is 16.3. The summed E-state index contributed by atoms with van der Waals surface area (Å²) in [4.78, 5) is 13.3. The number of piperazine rings is 1. The third-order valence-electron chi connectivity index (χ3n) is 3.11. The smallest absolute Gasteiger partial charge is 0.236 e. The molecule has 0 aliphatic carbocycles. The largest absolute Gasteiger partial charge is 0.504 e. The van der Waals surface area contributed by atoms with Crippen LogP contribution in [0.3, 0.4) is 0 Å². The lowest BCUT2D eigenvalue weighted by Gasteiger charge is -2.34. The number of nitrogens with zero attached hydrogens (tertiary/aromatic N) is 1. The van der Waals surface area contributed by atoms with Crippen molar-refractivity contribution < 1.29 is 15.0 Å². The zero-order chi connectivity index (χ0) is 13.1. The van der Waals surface area contributed by atoms with Crippen LogP contribution in [-0.2, 0) is 11.3 Å². The molecule has 1 fully saturated rings. The van der Waals surface area contributed by atoms with Gasteiger partial charge in [-0.15, -0.1) is 0 Å². The van der Waals surface area contributed by atoms with Crippen LogP contribution >= 0.6 is 0 Å². The van der Waals surface area contributed by atoms with Crippen molar-refractivity contribution in [1.82, 2.24) is 10.2 Å². The summed E-state index contributed by atoms with van der Waals surface area (Å²) in [6, 6.07) is 4.31. The first-order valence-corrected chi connectivity index (χ1v) is 5.83. The lowest BCUT2D eigenvalue weighted by molar-refractivity contribution is -0.124. The number of carbonyl (C=O) groups is 1. The molecular weight excluding hydrogens is 234 g/mol. The molecule has 0 aromatic heterocycles. The summed E-state index contributed by atoms with van der Waals surface area (Å²) in [5, 5.41) is 21.8. The Bertz CT molecular complexity index is 450. The third kappa shape index (κ3) is 2.72. The van der Waals surface area contributed by atoms with Gasteiger partial charge in [-0.25, -0.2) is 0 Å². The molecule has 1 atom stereocenters.